The van der Waals surface area contributed by atoms with E-state index in [1.807, 2.05) is 86.9 Å². The van der Waals surface area contributed by atoms with Crippen LogP contribution in [0.3, 0.4) is 0 Å². The fraction of sp³-hybridized carbons (Fsp3) is 0.0698. The summed E-state index contributed by atoms with van der Waals surface area (Å²) in [7, 11) is 0.879. The summed E-state index contributed by atoms with van der Waals surface area (Å²) in [6, 6.07) is 112. The van der Waals surface area contributed by atoms with Gasteiger partial charge in [0.15, 0.2) is 0 Å². The SMILES string of the molecule is [Au+].[Au+].[Au+].[Au+].[C-]#Cc1ccc2c(c1)c1ccc(C#[C-])cc1n2C.[C-]#Cc1ccc2c(c1)c1ccc(C#[C-])cc1n2C.c1ccc([PH+](CC[PH+](c2ccccc2)c2ccccc2)c2ccccc2)cc1.c1ccc([PH+](CC[PH+](c2ccccc2)c2ccccc2)c2ccccc2)cc1. The summed E-state index contributed by atoms with van der Waals surface area (Å²) in [6.45, 7) is 0. The van der Waals surface area contributed by atoms with Gasteiger partial charge in [0, 0.05) is 46.9 Å². The van der Waals surface area contributed by atoms with Crippen LogP contribution >= 0.6 is 31.7 Å². The number of hydrogen-bond donors (Lipinski definition) is 0. The van der Waals surface area contributed by atoms with Crippen molar-refractivity contribution in [1.29, 1.82) is 0 Å². The molecule has 0 spiro atoms. The van der Waals surface area contributed by atoms with Crippen molar-refractivity contribution in [3.8, 4) is 23.7 Å². The first-order chi connectivity index (χ1) is 45.3. The van der Waals surface area contributed by atoms with Crippen LogP contribution in [0.2, 0.25) is 0 Å². The van der Waals surface area contributed by atoms with Crippen LogP contribution in [0.4, 0.5) is 0 Å². The van der Waals surface area contributed by atoms with Crippen LogP contribution in [0.1, 0.15) is 22.3 Å². The molecule has 0 aliphatic rings. The maximum absolute atomic E-state index is 7.21. The Hall–Kier alpha value is -6.84. The molecule has 2 nitrogen and oxygen atoms in total. The molecule has 0 saturated carbocycles. The van der Waals surface area contributed by atoms with Gasteiger partial charge < -0.3 is 34.8 Å². The van der Waals surface area contributed by atoms with E-state index in [1.54, 1.807) is 0 Å². The van der Waals surface area contributed by atoms with Crippen molar-refractivity contribution < 1.29 is 89.5 Å². The van der Waals surface area contributed by atoms with Crippen molar-refractivity contribution in [2.45, 2.75) is 0 Å². The minimum Gasteiger partial charge on any atom is -0.366 e. The summed E-state index contributed by atoms with van der Waals surface area (Å²) in [6.07, 6.45) is 33.8. The molecule has 0 bridgehead atoms. The molecule has 14 rings (SSSR count). The van der Waals surface area contributed by atoms with E-state index in [2.05, 4.69) is 275 Å². The van der Waals surface area contributed by atoms with Crippen molar-refractivity contribution in [2.24, 2.45) is 14.1 Å². The Bertz CT molecular complexity index is 4260. The number of rotatable bonds is 14. The molecule has 0 saturated heterocycles. The smallest absolute Gasteiger partial charge is 0.366 e. The molecule has 2 aromatic heterocycles. The topological polar surface area (TPSA) is 9.86 Å². The van der Waals surface area contributed by atoms with Crippen LogP contribution in [0.15, 0.2) is 315 Å². The average Bonchev–Trinajstić information content (AvgIpc) is 1.62. The third kappa shape index (κ3) is 19.3. The van der Waals surface area contributed by atoms with E-state index in [1.165, 1.54) is 67.1 Å². The number of aromatic nitrogens is 2. The Kier molecular flexibility index (Phi) is 31.0. The minimum absolute atomic E-state index is 0. The maximum Gasteiger partial charge on any atom is 1.00 e. The van der Waals surface area contributed by atoms with Gasteiger partial charge in [0.25, 0.3) is 0 Å². The monoisotopic (exact) mass is 2040 g/mol. The quantitative estimate of drug-likeness (QED) is 0.0444. The second kappa shape index (κ2) is 38.9. The van der Waals surface area contributed by atoms with Crippen LogP contribution in [-0.4, -0.2) is 33.8 Å². The second-order valence-electron chi connectivity index (χ2n) is 22.4. The molecule has 2 heterocycles. The molecular weight excluding hydrogens is 1970 g/mol. The number of fused-ring (bicyclic) bond motifs is 6. The Morgan fingerprint density at radius 2 is 0.417 bits per heavy atom. The fourth-order valence-electron chi connectivity index (χ4n) is 12.2. The van der Waals surface area contributed by atoms with Gasteiger partial charge in [-0.25, -0.2) is 0 Å². The summed E-state index contributed by atoms with van der Waals surface area (Å²) < 4.78 is 4.19. The van der Waals surface area contributed by atoms with Gasteiger partial charge in [0.05, 0.1) is 74.1 Å². The van der Waals surface area contributed by atoms with Crippen molar-refractivity contribution in [3.63, 3.8) is 0 Å². The molecule has 0 aliphatic carbocycles. The van der Waals surface area contributed by atoms with Crippen molar-refractivity contribution in [1.82, 2.24) is 9.13 Å². The molecular formula is C86H70Au4N2P4+4. The molecule has 12 aromatic carbocycles. The summed E-state index contributed by atoms with van der Waals surface area (Å²) in [5.74, 6) is 9.64. The van der Waals surface area contributed by atoms with Gasteiger partial charge in [-0.2, -0.15) is 0 Å². The van der Waals surface area contributed by atoms with E-state index < -0.39 is 31.7 Å². The zero-order chi connectivity index (χ0) is 63.4. The predicted molar refractivity (Wildman–Crippen MR) is 407 cm³/mol. The van der Waals surface area contributed by atoms with Gasteiger partial charge in [-0.3, -0.25) is 23.7 Å². The summed E-state index contributed by atoms with van der Waals surface area (Å²) in [5, 5.41) is 16.6. The van der Waals surface area contributed by atoms with Gasteiger partial charge >= 0.3 is 89.5 Å². The molecule has 0 amide bonds. The van der Waals surface area contributed by atoms with Gasteiger partial charge in [-0.15, -0.1) is 70.8 Å². The van der Waals surface area contributed by atoms with Crippen molar-refractivity contribution in [3.05, 3.63) is 363 Å². The van der Waals surface area contributed by atoms with Crippen LogP contribution in [0, 0.1) is 49.4 Å². The van der Waals surface area contributed by atoms with E-state index in [9.17, 15) is 0 Å². The molecule has 0 aliphatic heterocycles. The standard InChI is InChI=1S/2C26H24P2.2C17H9N.4Au/c2*1-5-13-23(14-6-1)27(24-15-7-2-8-16-24)21-22-28(25-17-9-3-10-18-25)26-19-11-4-12-20-26;2*1-4-12-7-9-16-15(10-12)14-8-6-13(5-2)11-17(14)18(16)3;;;;/h2*1-20H,21-22H2;2*6-11H,3H3;;;;/q;;2*-2;4*+1/p+4. The zero-order valence-corrected chi connectivity index (χ0v) is 65.6. The van der Waals surface area contributed by atoms with E-state index in [4.69, 9.17) is 25.7 Å². The van der Waals surface area contributed by atoms with Gasteiger partial charge in [-0.05, 0) is 108 Å². The maximum atomic E-state index is 7.21. The van der Waals surface area contributed by atoms with Crippen molar-refractivity contribution >= 4 is 118 Å². The summed E-state index contributed by atoms with van der Waals surface area (Å²) >= 11 is 0. The first-order valence-corrected chi connectivity index (χ1v) is 37.8. The van der Waals surface area contributed by atoms with E-state index in [0.717, 1.165) is 65.9 Å². The van der Waals surface area contributed by atoms with Gasteiger partial charge in [0.2, 0.25) is 0 Å². The molecule has 0 fully saturated rings. The van der Waals surface area contributed by atoms with Crippen LogP contribution in [0.5, 0.6) is 0 Å². The van der Waals surface area contributed by atoms with E-state index >= 15 is 0 Å². The molecule has 14 aromatic rings. The second-order valence-corrected chi connectivity index (χ2v) is 32.8. The Balaban J connectivity index is 0.000000182. The molecule has 0 radical (unpaired) electrons. The number of nitrogens with zero attached hydrogens (tertiary/aromatic N) is 2. The zero-order valence-electron chi connectivity index (χ0n) is 53.0. The molecule has 0 atom stereocenters. The minimum atomic E-state index is -0.783. The van der Waals surface area contributed by atoms with Gasteiger partial charge in [0.1, 0.15) is 24.6 Å². The summed E-state index contributed by atoms with van der Waals surface area (Å²) in [4.78, 5) is 0. The molecule has 10 heteroatoms. The van der Waals surface area contributed by atoms with Crippen LogP contribution in [-0.2, 0) is 104 Å². The first kappa shape index (κ1) is 76.5. The third-order valence-corrected chi connectivity index (χ3v) is 29.1. The molecule has 0 unspecified atom stereocenters. The van der Waals surface area contributed by atoms with Gasteiger partial charge in [-0.1, -0.05) is 170 Å². The Morgan fingerprint density at radius 3 is 0.615 bits per heavy atom. The normalized spacial score (nSPS) is 10.4. The Morgan fingerprint density at radius 1 is 0.229 bits per heavy atom. The van der Waals surface area contributed by atoms with Crippen LogP contribution < -0.4 is 42.4 Å². The van der Waals surface area contributed by atoms with Crippen LogP contribution in [0.25, 0.3) is 43.6 Å². The largest absolute Gasteiger partial charge is 1.00 e. The number of benzene rings is 12. The number of hydrogen-bond acceptors (Lipinski definition) is 0. The third-order valence-electron chi connectivity index (χ3n) is 16.8. The van der Waals surface area contributed by atoms with Crippen molar-refractivity contribution in [2.75, 3.05) is 24.6 Å². The fourth-order valence-corrected chi connectivity index (χ4v) is 24.6. The average molecular weight is 2040 g/mol. The molecule has 484 valence electrons. The van der Waals surface area contributed by atoms with E-state index in [-0.39, 0.29) is 89.5 Å². The molecule has 96 heavy (non-hydrogen) atoms. The predicted octanol–water partition coefficient (Wildman–Crippen LogP) is 15.8. The molecule has 0 N–H and O–H groups in total. The first-order valence-electron chi connectivity index (χ1n) is 30.9. The number of aryl methyl sites for hydroxylation is 2. The summed E-state index contributed by atoms with van der Waals surface area (Å²) in [5.41, 5.74) is 7.47. The van der Waals surface area contributed by atoms with E-state index in [0.29, 0.717) is 0 Å². The Labute approximate surface area is 635 Å².